The maximum Gasteiger partial charge on any atom is 0.337 e. The molecule has 1 fully saturated rings. The largest absolute Gasteiger partial charge is 0.463 e. The fourth-order valence-electron chi connectivity index (χ4n) is 2.26. The predicted octanol–water partition coefficient (Wildman–Crippen LogP) is 2.11. The number of carbonyl (C=O) groups is 1. The van der Waals surface area contributed by atoms with Gasteiger partial charge < -0.3 is 4.74 Å². The molecule has 0 aliphatic heterocycles. The summed E-state index contributed by atoms with van der Waals surface area (Å²) in [4.78, 5) is 16.1. The van der Waals surface area contributed by atoms with Crippen molar-refractivity contribution in [2.75, 3.05) is 11.9 Å². The molecule has 0 radical (unpaired) electrons. The maximum absolute atomic E-state index is 12.0. The van der Waals surface area contributed by atoms with Crippen molar-refractivity contribution in [2.45, 2.75) is 45.4 Å². The lowest BCUT2D eigenvalue weighted by Crippen LogP contribution is -2.23. The predicted molar refractivity (Wildman–Crippen MR) is 67.4 cm³/mol. The highest BCUT2D eigenvalue weighted by Gasteiger charge is 2.21. The van der Waals surface area contributed by atoms with Gasteiger partial charge in [-0.25, -0.2) is 5.10 Å². The summed E-state index contributed by atoms with van der Waals surface area (Å²) in [5.74, 6) is 0.511. The van der Waals surface area contributed by atoms with E-state index in [4.69, 9.17) is 4.74 Å². The molecule has 2 rings (SSSR count). The lowest BCUT2D eigenvalue weighted by Gasteiger charge is -2.11. The van der Waals surface area contributed by atoms with Gasteiger partial charge in [-0.15, -0.1) is 5.10 Å². The van der Waals surface area contributed by atoms with Crippen molar-refractivity contribution >= 4 is 11.9 Å². The Balaban J connectivity index is 1.88. The number of rotatable bonds is 4. The third-order valence-electron chi connectivity index (χ3n) is 3.21. The Bertz CT molecular complexity index is 383. The van der Waals surface area contributed by atoms with Crippen molar-refractivity contribution in [1.82, 2.24) is 15.2 Å². The molecule has 100 valence electrons. The minimum absolute atomic E-state index is 0.0381. The molecule has 0 atom stereocenters. The fraction of sp³-hybridized carbons (Fsp3) is 0.750. The van der Waals surface area contributed by atoms with E-state index >= 15 is 0 Å². The SMILES string of the molecule is CCOc1n[nH]c(NC(=O)C2CCCCCC2)n1. The van der Waals surface area contributed by atoms with Crippen LogP contribution in [0.5, 0.6) is 6.01 Å². The van der Waals surface area contributed by atoms with E-state index in [9.17, 15) is 4.79 Å². The van der Waals surface area contributed by atoms with Crippen LogP contribution in [0.2, 0.25) is 0 Å². The van der Waals surface area contributed by atoms with E-state index in [1.54, 1.807) is 0 Å². The molecule has 1 aliphatic rings. The highest BCUT2D eigenvalue weighted by atomic mass is 16.5. The molecule has 1 aromatic rings. The zero-order valence-electron chi connectivity index (χ0n) is 10.7. The monoisotopic (exact) mass is 252 g/mol. The highest BCUT2D eigenvalue weighted by Crippen LogP contribution is 2.23. The van der Waals surface area contributed by atoms with Crippen LogP contribution < -0.4 is 10.1 Å². The van der Waals surface area contributed by atoms with Crippen LogP contribution in [0.25, 0.3) is 0 Å². The molecule has 1 heterocycles. The van der Waals surface area contributed by atoms with Crippen LogP contribution in [0.1, 0.15) is 45.4 Å². The van der Waals surface area contributed by atoms with Gasteiger partial charge in [0, 0.05) is 5.92 Å². The van der Waals surface area contributed by atoms with Crippen molar-refractivity contribution in [3.05, 3.63) is 0 Å². The van der Waals surface area contributed by atoms with Gasteiger partial charge in [-0.3, -0.25) is 10.1 Å². The van der Waals surface area contributed by atoms with Gasteiger partial charge in [-0.2, -0.15) is 4.98 Å². The second-order valence-electron chi connectivity index (χ2n) is 4.58. The molecule has 1 aromatic heterocycles. The molecule has 2 N–H and O–H groups in total. The minimum Gasteiger partial charge on any atom is -0.463 e. The quantitative estimate of drug-likeness (QED) is 0.804. The number of carbonyl (C=O) groups excluding carboxylic acids is 1. The first-order chi connectivity index (χ1) is 8.79. The molecular formula is C12H20N4O2. The van der Waals surface area contributed by atoms with Crippen LogP contribution in [0.15, 0.2) is 0 Å². The Morgan fingerprint density at radius 3 is 2.78 bits per heavy atom. The Morgan fingerprint density at radius 1 is 1.39 bits per heavy atom. The summed E-state index contributed by atoms with van der Waals surface area (Å²) < 4.78 is 5.13. The van der Waals surface area contributed by atoms with Crippen LogP contribution in [0.4, 0.5) is 5.95 Å². The first-order valence-corrected chi connectivity index (χ1v) is 6.65. The number of ether oxygens (including phenoxy) is 1. The molecule has 18 heavy (non-hydrogen) atoms. The summed E-state index contributed by atoms with van der Waals surface area (Å²) in [6, 6.07) is 0.272. The zero-order valence-corrected chi connectivity index (χ0v) is 10.7. The highest BCUT2D eigenvalue weighted by molar-refractivity contribution is 5.90. The van der Waals surface area contributed by atoms with Crippen molar-refractivity contribution in [1.29, 1.82) is 0 Å². The molecule has 0 bridgehead atoms. The van der Waals surface area contributed by atoms with E-state index < -0.39 is 0 Å². The number of hydrogen-bond acceptors (Lipinski definition) is 4. The number of anilines is 1. The third kappa shape index (κ3) is 3.45. The second-order valence-corrected chi connectivity index (χ2v) is 4.58. The second kappa shape index (κ2) is 6.37. The molecule has 6 heteroatoms. The average molecular weight is 252 g/mol. The Kier molecular flexibility index (Phi) is 4.55. The van der Waals surface area contributed by atoms with Crippen molar-refractivity contribution in [3.8, 4) is 6.01 Å². The van der Waals surface area contributed by atoms with Gasteiger partial charge in [0.05, 0.1) is 6.61 Å². The molecule has 1 amide bonds. The van der Waals surface area contributed by atoms with E-state index in [1.165, 1.54) is 12.8 Å². The average Bonchev–Trinajstić information content (AvgIpc) is 2.65. The fourth-order valence-corrected chi connectivity index (χ4v) is 2.26. The number of nitrogens with one attached hydrogen (secondary N) is 2. The van der Waals surface area contributed by atoms with Crippen LogP contribution >= 0.6 is 0 Å². The molecule has 0 aromatic carbocycles. The van der Waals surface area contributed by atoms with Gasteiger partial charge in [0.2, 0.25) is 11.9 Å². The zero-order chi connectivity index (χ0) is 12.8. The van der Waals surface area contributed by atoms with Crippen molar-refractivity contribution in [2.24, 2.45) is 5.92 Å². The molecule has 0 saturated heterocycles. The van der Waals surface area contributed by atoms with Gasteiger partial charge >= 0.3 is 6.01 Å². The van der Waals surface area contributed by atoms with Crippen LogP contribution in [0, 0.1) is 5.92 Å². The standard InChI is InChI=1S/C12H20N4O2/c1-2-18-12-14-11(15-16-12)13-10(17)9-7-5-3-4-6-8-9/h9H,2-8H2,1H3,(H2,13,14,15,16,17). The van der Waals surface area contributed by atoms with Gasteiger partial charge in [-0.1, -0.05) is 25.7 Å². The Hall–Kier alpha value is -1.59. The first kappa shape index (κ1) is 12.9. The summed E-state index contributed by atoms with van der Waals surface area (Å²) in [7, 11) is 0. The van der Waals surface area contributed by atoms with E-state index in [-0.39, 0.29) is 17.8 Å². The first-order valence-electron chi connectivity index (χ1n) is 6.65. The number of hydrogen-bond donors (Lipinski definition) is 2. The lowest BCUT2D eigenvalue weighted by atomic mass is 10.00. The normalized spacial score (nSPS) is 17.2. The van der Waals surface area contributed by atoms with Crippen molar-refractivity contribution in [3.63, 3.8) is 0 Å². The smallest absolute Gasteiger partial charge is 0.337 e. The summed E-state index contributed by atoms with van der Waals surface area (Å²) in [5, 5.41) is 9.28. The minimum atomic E-state index is 0.0381. The van der Waals surface area contributed by atoms with E-state index in [0.29, 0.717) is 12.6 Å². The summed E-state index contributed by atoms with van der Waals surface area (Å²) in [6.45, 7) is 2.37. The molecule has 1 aliphatic carbocycles. The molecule has 0 unspecified atom stereocenters. The Labute approximate surface area is 107 Å². The van der Waals surface area contributed by atoms with Gasteiger partial charge in [0.15, 0.2) is 0 Å². The topological polar surface area (TPSA) is 79.9 Å². The number of aromatic nitrogens is 3. The van der Waals surface area contributed by atoms with Crippen molar-refractivity contribution < 1.29 is 9.53 Å². The summed E-state index contributed by atoms with van der Waals surface area (Å²) >= 11 is 0. The van der Waals surface area contributed by atoms with Gasteiger partial charge in [-0.05, 0) is 19.8 Å². The lowest BCUT2D eigenvalue weighted by molar-refractivity contribution is -0.120. The molecule has 6 nitrogen and oxygen atoms in total. The van der Waals surface area contributed by atoms with Crippen LogP contribution in [-0.2, 0) is 4.79 Å². The molecule has 0 spiro atoms. The Morgan fingerprint density at radius 2 is 2.11 bits per heavy atom. The van der Waals surface area contributed by atoms with Crippen LogP contribution in [0.3, 0.4) is 0 Å². The van der Waals surface area contributed by atoms with Crippen LogP contribution in [-0.4, -0.2) is 27.7 Å². The molecule has 1 saturated carbocycles. The summed E-state index contributed by atoms with van der Waals surface area (Å²) in [6.07, 6.45) is 6.69. The number of nitrogens with zero attached hydrogens (tertiary/aromatic N) is 2. The van der Waals surface area contributed by atoms with E-state index in [0.717, 1.165) is 25.7 Å². The van der Waals surface area contributed by atoms with Gasteiger partial charge in [0.25, 0.3) is 0 Å². The third-order valence-corrected chi connectivity index (χ3v) is 3.21. The molecular weight excluding hydrogens is 232 g/mol. The maximum atomic E-state index is 12.0. The summed E-state index contributed by atoms with van der Waals surface area (Å²) in [5.41, 5.74) is 0. The van der Waals surface area contributed by atoms with Gasteiger partial charge in [0.1, 0.15) is 0 Å². The number of amides is 1. The number of aromatic amines is 1. The van der Waals surface area contributed by atoms with E-state index in [1.807, 2.05) is 6.92 Å². The van der Waals surface area contributed by atoms with E-state index in [2.05, 4.69) is 20.5 Å². The number of H-pyrrole nitrogens is 1.